The van der Waals surface area contributed by atoms with E-state index >= 15 is 0 Å². The standard InChI is InChI=1S/C14H22N2O2/c1-4-16(11-14(2,3)10-15)13(17)8-7-12-6-5-9-18-12/h5-9H,4,10-11,15H2,1-3H3. The molecule has 0 bridgehead atoms. The first-order chi connectivity index (χ1) is 8.48. The maximum absolute atomic E-state index is 12.0. The van der Waals surface area contributed by atoms with Crippen molar-refractivity contribution in [3.8, 4) is 0 Å². The van der Waals surface area contributed by atoms with E-state index in [0.29, 0.717) is 25.4 Å². The molecule has 0 atom stereocenters. The molecule has 0 aliphatic rings. The number of carbonyl (C=O) groups excluding carboxylic acids is 1. The van der Waals surface area contributed by atoms with Crippen LogP contribution in [0, 0.1) is 5.41 Å². The van der Waals surface area contributed by atoms with Crippen LogP contribution in [0.4, 0.5) is 0 Å². The smallest absolute Gasteiger partial charge is 0.246 e. The average molecular weight is 250 g/mol. The van der Waals surface area contributed by atoms with Gasteiger partial charge in [-0.2, -0.15) is 0 Å². The SMILES string of the molecule is CCN(CC(C)(C)CN)C(=O)C=Cc1ccco1. The number of furan rings is 1. The molecule has 100 valence electrons. The normalized spacial score (nSPS) is 12.0. The summed E-state index contributed by atoms with van der Waals surface area (Å²) in [4.78, 5) is 13.8. The molecule has 18 heavy (non-hydrogen) atoms. The molecule has 1 amide bonds. The Morgan fingerprint density at radius 3 is 2.78 bits per heavy atom. The lowest BCUT2D eigenvalue weighted by Gasteiger charge is -2.30. The van der Waals surface area contributed by atoms with Crippen molar-refractivity contribution in [1.82, 2.24) is 4.90 Å². The highest BCUT2D eigenvalue weighted by atomic mass is 16.3. The highest BCUT2D eigenvalue weighted by Crippen LogP contribution is 2.15. The van der Waals surface area contributed by atoms with E-state index in [1.54, 1.807) is 23.3 Å². The van der Waals surface area contributed by atoms with Crippen molar-refractivity contribution >= 4 is 12.0 Å². The zero-order valence-electron chi connectivity index (χ0n) is 11.3. The second-order valence-corrected chi connectivity index (χ2v) is 5.07. The number of nitrogens with two attached hydrogens (primary N) is 1. The molecule has 0 saturated heterocycles. The number of carbonyl (C=O) groups is 1. The van der Waals surface area contributed by atoms with Crippen molar-refractivity contribution in [3.63, 3.8) is 0 Å². The van der Waals surface area contributed by atoms with Crippen LogP contribution in [0.2, 0.25) is 0 Å². The molecule has 0 spiro atoms. The fourth-order valence-electron chi connectivity index (χ4n) is 1.57. The molecule has 0 saturated carbocycles. The van der Waals surface area contributed by atoms with E-state index in [4.69, 9.17) is 10.2 Å². The summed E-state index contributed by atoms with van der Waals surface area (Å²) in [6.45, 7) is 7.95. The zero-order valence-corrected chi connectivity index (χ0v) is 11.3. The van der Waals surface area contributed by atoms with Gasteiger partial charge in [-0.25, -0.2) is 0 Å². The Hall–Kier alpha value is -1.55. The topological polar surface area (TPSA) is 59.5 Å². The maximum atomic E-state index is 12.0. The van der Waals surface area contributed by atoms with Gasteiger partial charge in [0.05, 0.1) is 6.26 Å². The van der Waals surface area contributed by atoms with Gasteiger partial charge in [0.15, 0.2) is 0 Å². The molecule has 2 N–H and O–H groups in total. The van der Waals surface area contributed by atoms with E-state index in [1.807, 2.05) is 13.0 Å². The second-order valence-electron chi connectivity index (χ2n) is 5.07. The van der Waals surface area contributed by atoms with Crippen LogP contribution < -0.4 is 5.73 Å². The van der Waals surface area contributed by atoms with E-state index in [2.05, 4.69) is 13.8 Å². The van der Waals surface area contributed by atoms with E-state index in [0.717, 1.165) is 0 Å². The summed E-state index contributed by atoms with van der Waals surface area (Å²) < 4.78 is 5.14. The van der Waals surface area contributed by atoms with Gasteiger partial charge in [0, 0.05) is 19.2 Å². The number of nitrogens with zero attached hydrogens (tertiary/aromatic N) is 1. The molecule has 1 aromatic heterocycles. The molecule has 0 fully saturated rings. The van der Waals surface area contributed by atoms with Crippen molar-refractivity contribution < 1.29 is 9.21 Å². The minimum absolute atomic E-state index is 0.0181. The molecular formula is C14H22N2O2. The van der Waals surface area contributed by atoms with Crippen molar-refractivity contribution in [2.24, 2.45) is 11.1 Å². The van der Waals surface area contributed by atoms with Crippen molar-refractivity contribution in [2.75, 3.05) is 19.6 Å². The number of rotatable bonds is 6. The van der Waals surface area contributed by atoms with Crippen molar-refractivity contribution in [2.45, 2.75) is 20.8 Å². The summed E-state index contributed by atoms with van der Waals surface area (Å²) in [6, 6.07) is 3.60. The number of hydrogen-bond acceptors (Lipinski definition) is 3. The van der Waals surface area contributed by atoms with Gasteiger partial charge in [-0.05, 0) is 37.1 Å². The lowest BCUT2D eigenvalue weighted by molar-refractivity contribution is -0.127. The van der Waals surface area contributed by atoms with Gasteiger partial charge in [0.1, 0.15) is 5.76 Å². The lowest BCUT2D eigenvalue weighted by atomic mass is 9.93. The fraction of sp³-hybridized carbons (Fsp3) is 0.500. The number of hydrogen-bond donors (Lipinski definition) is 1. The first kappa shape index (κ1) is 14.5. The van der Waals surface area contributed by atoms with Gasteiger partial charge in [0.25, 0.3) is 0 Å². The molecule has 0 aliphatic carbocycles. The zero-order chi connectivity index (χ0) is 13.6. The van der Waals surface area contributed by atoms with Crippen LogP contribution in [-0.2, 0) is 4.79 Å². The predicted octanol–water partition coefficient (Wildman–Crippen LogP) is 2.13. The van der Waals surface area contributed by atoms with Crippen LogP contribution in [-0.4, -0.2) is 30.4 Å². The second kappa shape index (κ2) is 6.40. The summed E-state index contributed by atoms with van der Waals surface area (Å²) in [5, 5.41) is 0. The van der Waals surface area contributed by atoms with Gasteiger partial charge in [0.2, 0.25) is 5.91 Å². The number of amides is 1. The third-order valence-electron chi connectivity index (χ3n) is 2.80. The molecule has 1 heterocycles. The van der Waals surface area contributed by atoms with Crippen LogP contribution in [0.1, 0.15) is 26.5 Å². The van der Waals surface area contributed by atoms with Gasteiger partial charge in [-0.15, -0.1) is 0 Å². The van der Waals surface area contributed by atoms with E-state index < -0.39 is 0 Å². The van der Waals surface area contributed by atoms with E-state index in [-0.39, 0.29) is 11.3 Å². The first-order valence-electron chi connectivity index (χ1n) is 6.19. The molecule has 1 aromatic rings. The minimum Gasteiger partial charge on any atom is -0.465 e. The summed E-state index contributed by atoms with van der Waals surface area (Å²) in [7, 11) is 0. The summed E-state index contributed by atoms with van der Waals surface area (Å²) in [5.41, 5.74) is 5.62. The van der Waals surface area contributed by atoms with Crippen LogP contribution in [0.5, 0.6) is 0 Å². The molecule has 0 aliphatic heterocycles. The molecule has 0 radical (unpaired) electrons. The Bertz CT molecular complexity index is 394. The van der Waals surface area contributed by atoms with Crippen LogP contribution in [0.3, 0.4) is 0 Å². The first-order valence-corrected chi connectivity index (χ1v) is 6.19. The largest absolute Gasteiger partial charge is 0.465 e. The van der Waals surface area contributed by atoms with Crippen molar-refractivity contribution in [1.29, 1.82) is 0 Å². The minimum atomic E-state index is -0.0653. The molecule has 4 heteroatoms. The van der Waals surface area contributed by atoms with E-state index in [1.165, 1.54) is 6.08 Å². The van der Waals surface area contributed by atoms with Gasteiger partial charge < -0.3 is 15.1 Å². The summed E-state index contributed by atoms with van der Waals surface area (Å²) in [6.07, 6.45) is 4.80. The monoisotopic (exact) mass is 250 g/mol. The van der Waals surface area contributed by atoms with Gasteiger partial charge in [-0.1, -0.05) is 13.8 Å². The highest BCUT2D eigenvalue weighted by Gasteiger charge is 2.21. The molecule has 0 aromatic carbocycles. The van der Waals surface area contributed by atoms with Gasteiger partial charge >= 0.3 is 0 Å². The van der Waals surface area contributed by atoms with Gasteiger partial charge in [-0.3, -0.25) is 4.79 Å². The van der Waals surface area contributed by atoms with Crippen molar-refractivity contribution in [3.05, 3.63) is 30.2 Å². The van der Waals surface area contributed by atoms with E-state index in [9.17, 15) is 4.79 Å². The molecule has 0 unspecified atom stereocenters. The summed E-state index contributed by atoms with van der Waals surface area (Å²) >= 11 is 0. The Labute approximate surface area is 108 Å². The third-order valence-corrected chi connectivity index (χ3v) is 2.80. The summed E-state index contributed by atoms with van der Waals surface area (Å²) in [5.74, 6) is 0.660. The van der Waals surface area contributed by atoms with Crippen LogP contribution in [0.25, 0.3) is 6.08 Å². The predicted molar refractivity (Wildman–Crippen MR) is 72.8 cm³/mol. The fourth-order valence-corrected chi connectivity index (χ4v) is 1.57. The molecule has 4 nitrogen and oxygen atoms in total. The average Bonchev–Trinajstić information content (AvgIpc) is 2.86. The Morgan fingerprint density at radius 2 is 2.28 bits per heavy atom. The van der Waals surface area contributed by atoms with Crippen LogP contribution in [0.15, 0.2) is 28.9 Å². The highest BCUT2D eigenvalue weighted by molar-refractivity contribution is 5.91. The van der Waals surface area contributed by atoms with Crippen LogP contribution >= 0.6 is 0 Å². The Kier molecular flexibility index (Phi) is 5.16. The quantitative estimate of drug-likeness (QED) is 0.787. The third kappa shape index (κ3) is 4.37. The molecule has 1 rings (SSSR count). The lowest BCUT2D eigenvalue weighted by Crippen LogP contribution is -2.41. The molecular weight excluding hydrogens is 228 g/mol. The number of likely N-dealkylation sites (N-methyl/N-ethyl adjacent to an activating group) is 1. The maximum Gasteiger partial charge on any atom is 0.246 e. The Balaban J connectivity index is 2.63. The Morgan fingerprint density at radius 1 is 1.56 bits per heavy atom.